The van der Waals surface area contributed by atoms with Crippen LogP contribution in [0.1, 0.15) is 28.0 Å². The Morgan fingerprint density at radius 2 is 1.88 bits per heavy atom. The Hall–Kier alpha value is -3.08. The molecule has 0 spiro atoms. The molecule has 0 unspecified atom stereocenters. The number of aliphatic carboxylic acids is 1. The SMILES string of the molecule is Cc1cccc2cc(C(N)=O)n(-c3cccc(CCC(=O)O)c3)c12. The highest BCUT2D eigenvalue weighted by atomic mass is 16.4. The molecule has 5 nitrogen and oxygen atoms in total. The van der Waals surface area contributed by atoms with Gasteiger partial charge in [-0.2, -0.15) is 0 Å². The number of benzene rings is 2. The first-order valence-corrected chi connectivity index (χ1v) is 7.69. The average Bonchev–Trinajstić information content (AvgIpc) is 2.94. The van der Waals surface area contributed by atoms with E-state index in [2.05, 4.69) is 0 Å². The molecule has 1 aromatic heterocycles. The molecule has 0 aliphatic rings. The topological polar surface area (TPSA) is 85.3 Å². The molecule has 2 aromatic carbocycles. The minimum absolute atomic E-state index is 0.0670. The quantitative estimate of drug-likeness (QED) is 0.757. The number of nitrogens with zero attached hydrogens (tertiary/aromatic N) is 1. The molecule has 0 saturated heterocycles. The van der Waals surface area contributed by atoms with Crippen LogP contribution in [0.25, 0.3) is 16.6 Å². The highest BCUT2D eigenvalue weighted by molar-refractivity contribution is 5.99. The molecule has 3 aromatic rings. The van der Waals surface area contributed by atoms with Gasteiger partial charge in [0.05, 0.1) is 5.52 Å². The van der Waals surface area contributed by atoms with E-state index in [1.54, 1.807) is 6.07 Å². The van der Waals surface area contributed by atoms with Crippen LogP contribution >= 0.6 is 0 Å². The lowest BCUT2D eigenvalue weighted by Gasteiger charge is -2.12. The third kappa shape index (κ3) is 2.88. The van der Waals surface area contributed by atoms with Gasteiger partial charge in [-0.1, -0.05) is 30.3 Å². The van der Waals surface area contributed by atoms with Gasteiger partial charge in [-0.3, -0.25) is 9.59 Å². The van der Waals surface area contributed by atoms with Crippen molar-refractivity contribution in [3.05, 3.63) is 65.4 Å². The highest BCUT2D eigenvalue weighted by Crippen LogP contribution is 2.27. The fraction of sp³-hybridized carbons (Fsp3) is 0.158. The van der Waals surface area contributed by atoms with Crippen LogP contribution in [0.4, 0.5) is 0 Å². The van der Waals surface area contributed by atoms with Crippen molar-refractivity contribution in [2.75, 3.05) is 0 Å². The van der Waals surface area contributed by atoms with Gasteiger partial charge >= 0.3 is 5.97 Å². The van der Waals surface area contributed by atoms with Gasteiger partial charge in [0.2, 0.25) is 0 Å². The van der Waals surface area contributed by atoms with Crippen molar-refractivity contribution < 1.29 is 14.7 Å². The zero-order valence-electron chi connectivity index (χ0n) is 13.3. The molecular weight excluding hydrogens is 304 g/mol. The van der Waals surface area contributed by atoms with E-state index in [9.17, 15) is 9.59 Å². The fourth-order valence-electron chi connectivity index (χ4n) is 2.99. The second kappa shape index (κ2) is 6.20. The average molecular weight is 322 g/mol. The van der Waals surface area contributed by atoms with E-state index in [-0.39, 0.29) is 6.42 Å². The first-order chi connectivity index (χ1) is 11.5. The number of hydrogen-bond donors (Lipinski definition) is 2. The van der Waals surface area contributed by atoms with Crippen LogP contribution in [-0.4, -0.2) is 21.6 Å². The summed E-state index contributed by atoms with van der Waals surface area (Å²) in [4.78, 5) is 22.7. The van der Waals surface area contributed by atoms with Crippen molar-refractivity contribution in [1.29, 1.82) is 0 Å². The number of carboxylic acid groups (broad SMARTS) is 1. The third-order valence-electron chi connectivity index (χ3n) is 4.07. The molecule has 0 atom stereocenters. The Morgan fingerprint density at radius 1 is 1.12 bits per heavy atom. The van der Waals surface area contributed by atoms with Crippen LogP contribution in [0.3, 0.4) is 0 Å². The molecule has 0 radical (unpaired) electrons. The number of aryl methyl sites for hydroxylation is 2. The maximum Gasteiger partial charge on any atom is 0.303 e. The van der Waals surface area contributed by atoms with E-state index in [1.165, 1.54) is 0 Å². The first kappa shape index (κ1) is 15.8. The lowest BCUT2D eigenvalue weighted by Crippen LogP contribution is -2.16. The van der Waals surface area contributed by atoms with E-state index < -0.39 is 11.9 Å². The van der Waals surface area contributed by atoms with Crippen LogP contribution in [0.5, 0.6) is 0 Å². The molecule has 0 aliphatic heterocycles. The molecule has 1 heterocycles. The number of carbonyl (C=O) groups excluding carboxylic acids is 1. The van der Waals surface area contributed by atoms with E-state index in [0.717, 1.165) is 27.7 Å². The van der Waals surface area contributed by atoms with Crippen molar-refractivity contribution in [2.45, 2.75) is 19.8 Å². The molecular formula is C19H18N2O3. The lowest BCUT2D eigenvalue weighted by molar-refractivity contribution is -0.136. The molecule has 5 heteroatoms. The number of carbonyl (C=O) groups is 2. The summed E-state index contributed by atoms with van der Waals surface area (Å²) in [7, 11) is 0. The Labute approximate surface area is 139 Å². The van der Waals surface area contributed by atoms with Gasteiger partial charge in [-0.25, -0.2) is 0 Å². The summed E-state index contributed by atoms with van der Waals surface area (Å²) in [5.41, 5.74) is 9.65. The van der Waals surface area contributed by atoms with E-state index in [1.807, 2.05) is 54.0 Å². The van der Waals surface area contributed by atoms with E-state index in [4.69, 9.17) is 10.8 Å². The molecule has 3 N–H and O–H groups in total. The number of rotatable bonds is 5. The summed E-state index contributed by atoms with van der Waals surface area (Å²) >= 11 is 0. The standard InChI is InChI=1S/C19H18N2O3/c1-12-4-2-6-14-11-16(19(20)24)21(18(12)14)15-7-3-5-13(10-15)8-9-17(22)23/h2-7,10-11H,8-9H2,1H3,(H2,20,24)(H,22,23). The second-order valence-corrected chi connectivity index (χ2v) is 5.81. The number of primary amides is 1. The van der Waals surface area contributed by atoms with Crippen molar-refractivity contribution in [2.24, 2.45) is 5.73 Å². The predicted molar refractivity (Wildman–Crippen MR) is 92.5 cm³/mol. The summed E-state index contributed by atoms with van der Waals surface area (Å²) in [6.07, 6.45) is 0.505. The second-order valence-electron chi connectivity index (χ2n) is 5.81. The summed E-state index contributed by atoms with van der Waals surface area (Å²) in [5, 5.41) is 9.80. The number of fused-ring (bicyclic) bond motifs is 1. The number of hydrogen-bond acceptors (Lipinski definition) is 2. The van der Waals surface area contributed by atoms with Gasteiger partial charge in [0.25, 0.3) is 5.91 Å². The molecule has 0 bridgehead atoms. The van der Waals surface area contributed by atoms with Crippen LogP contribution in [0.15, 0.2) is 48.5 Å². The van der Waals surface area contributed by atoms with Gasteiger partial charge in [0.15, 0.2) is 0 Å². The van der Waals surface area contributed by atoms with Crippen LogP contribution < -0.4 is 5.73 Å². The summed E-state index contributed by atoms with van der Waals surface area (Å²) < 4.78 is 1.84. The summed E-state index contributed by atoms with van der Waals surface area (Å²) in [5.74, 6) is -1.33. The number of carboxylic acids is 1. The van der Waals surface area contributed by atoms with Crippen molar-refractivity contribution >= 4 is 22.8 Å². The van der Waals surface area contributed by atoms with Crippen LogP contribution in [0, 0.1) is 6.92 Å². The largest absolute Gasteiger partial charge is 0.481 e. The molecule has 0 saturated carbocycles. The predicted octanol–water partition coefficient (Wildman–Crippen LogP) is 3.06. The number of amides is 1. The minimum Gasteiger partial charge on any atom is -0.481 e. The molecule has 3 rings (SSSR count). The van der Waals surface area contributed by atoms with Gasteiger partial charge in [-0.05, 0) is 42.7 Å². The van der Waals surface area contributed by atoms with E-state index in [0.29, 0.717) is 12.1 Å². The number of nitrogens with two attached hydrogens (primary N) is 1. The molecule has 24 heavy (non-hydrogen) atoms. The highest BCUT2D eigenvalue weighted by Gasteiger charge is 2.16. The lowest BCUT2D eigenvalue weighted by atomic mass is 10.1. The van der Waals surface area contributed by atoms with Crippen molar-refractivity contribution in [3.63, 3.8) is 0 Å². The molecule has 1 amide bonds. The van der Waals surface area contributed by atoms with Gasteiger partial charge in [-0.15, -0.1) is 0 Å². The first-order valence-electron chi connectivity index (χ1n) is 7.69. The summed E-state index contributed by atoms with van der Waals surface area (Å²) in [6.45, 7) is 1.98. The monoisotopic (exact) mass is 322 g/mol. The fourth-order valence-corrected chi connectivity index (χ4v) is 2.99. The van der Waals surface area contributed by atoms with Crippen LogP contribution in [-0.2, 0) is 11.2 Å². The van der Waals surface area contributed by atoms with Crippen molar-refractivity contribution in [3.8, 4) is 5.69 Å². The van der Waals surface area contributed by atoms with Gasteiger partial charge < -0.3 is 15.4 Å². The van der Waals surface area contributed by atoms with Crippen molar-refractivity contribution in [1.82, 2.24) is 4.57 Å². The van der Waals surface area contributed by atoms with E-state index >= 15 is 0 Å². The maximum absolute atomic E-state index is 11.9. The summed E-state index contributed by atoms with van der Waals surface area (Å²) in [6, 6.07) is 15.2. The Balaban J connectivity index is 2.18. The number of para-hydroxylation sites is 1. The normalized spacial score (nSPS) is 10.9. The maximum atomic E-state index is 11.9. The van der Waals surface area contributed by atoms with Crippen LogP contribution in [0.2, 0.25) is 0 Å². The molecule has 0 fully saturated rings. The Morgan fingerprint density at radius 3 is 2.58 bits per heavy atom. The Bertz CT molecular complexity index is 941. The van der Waals surface area contributed by atoms with Gasteiger partial charge in [0.1, 0.15) is 5.69 Å². The molecule has 122 valence electrons. The zero-order chi connectivity index (χ0) is 17.3. The third-order valence-corrected chi connectivity index (χ3v) is 4.07. The Kier molecular flexibility index (Phi) is 4.08. The zero-order valence-corrected chi connectivity index (χ0v) is 13.3. The van der Waals surface area contributed by atoms with Gasteiger partial charge in [0, 0.05) is 17.5 Å². The number of aromatic nitrogens is 1. The molecule has 0 aliphatic carbocycles. The smallest absolute Gasteiger partial charge is 0.303 e. The minimum atomic E-state index is -0.833.